The molecule has 1 N–H and O–H groups in total. The molecule has 2 aromatic rings. The molecule has 0 amide bonds. The predicted molar refractivity (Wildman–Crippen MR) is 72.0 cm³/mol. The van der Waals surface area contributed by atoms with Crippen LogP contribution in [0.15, 0.2) is 30.3 Å². The third-order valence-electron chi connectivity index (χ3n) is 2.77. The molecule has 0 atom stereocenters. The smallest absolute Gasteiger partial charge is 0.170 e. The van der Waals surface area contributed by atoms with E-state index >= 15 is 0 Å². The van der Waals surface area contributed by atoms with Crippen LogP contribution in [-0.4, -0.2) is 40.5 Å². The van der Waals surface area contributed by atoms with Gasteiger partial charge >= 0.3 is 0 Å². The van der Waals surface area contributed by atoms with Crippen molar-refractivity contribution in [1.29, 1.82) is 0 Å². The number of ether oxygens (including phenoxy) is 1. The minimum atomic E-state index is 0.662. The van der Waals surface area contributed by atoms with Gasteiger partial charge in [0.05, 0.1) is 12.2 Å². The molecule has 0 saturated heterocycles. The van der Waals surface area contributed by atoms with Crippen LogP contribution in [0, 0.1) is 0 Å². The summed E-state index contributed by atoms with van der Waals surface area (Å²) in [4.78, 5) is 0. The van der Waals surface area contributed by atoms with Gasteiger partial charge in [0.1, 0.15) is 0 Å². The van der Waals surface area contributed by atoms with Gasteiger partial charge < -0.3 is 10.1 Å². The first-order valence-corrected chi connectivity index (χ1v) is 6.44. The summed E-state index contributed by atoms with van der Waals surface area (Å²) in [5, 5.41) is 15.1. The van der Waals surface area contributed by atoms with Crippen LogP contribution in [0.25, 0.3) is 5.69 Å². The molecular formula is C13H19N5O. The second kappa shape index (κ2) is 7.60. The molecule has 1 aromatic heterocycles. The normalized spacial score (nSPS) is 10.8. The van der Waals surface area contributed by atoms with Crippen LogP contribution in [0.3, 0.4) is 0 Å². The molecule has 6 heteroatoms. The van der Waals surface area contributed by atoms with Crippen LogP contribution < -0.4 is 5.32 Å². The fraction of sp³-hybridized carbons (Fsp3) is 0.462. The Morgan fingerprint density at radius 2 is 2.05 bits per heavy atom. The largest absolute Gasteiger partial charge is 0.385 e. The maximum Gasteiger partial charge on any atom is 0.170 e. The Morgan fingerprint density at radius 3 is 2.84 bits per heavy atom. The van der Waals surface area contributed by atoms with Gasteiger partial charge in [-0.05, 0) is 41.9 Å². The minimum absolute atomic E-state index is 0.662. The van der Waals surface area contributed by atoms with Crippen LogP contribution in [0.1, 0.15) is 18.7 Å². The van der Waals surface area contributed by atoms with Crippen LogP contribution in [0.5, 0.6) is 0 Å². The third-order valence-corrected chi connectivity index (χ3v) is 2.77. The number of unbranched alkanes of at least 4 members (excludes halogenated alkanes) is 1. The van der Waals surface area contributed by atoms with Crippen molar-refractivity contribution in [1.82, 2.24) is 25.5 Å². The number of methoxy groups -OCH3 is 1. The maximum absolute atomic E-state index is 5.01. The van der Waals surface area contributed by atoms with Crippen LogP contribution >= 0.6 is 0 Å². The second-order valence-corrected chi connectivity index (χ2v) is 4.22. The Bertz CT molecular complexity index is 471. The average molecular weight is 261 g/mol. The van der Waals surface area contributed by atoms with E-state index in [1.807, 2.05) is 30.3 Å². The molecule has 0 radical (unpaired) electrons. The molecule has 0 aliphatic carbocycles. The van der Waals surface area contributed by atoms with Crippen molar-refractivity contribution in [2.75, 3.05) is 20.3 Å². The number of hydrogen-bond acceptors (Lipinski definition) is 5. The maximum atomic E-state index is 5.01. The van der Waals surface area contributed by atoms with Gasteiger partial charge in [-0.3, -0.25) is 0 Å². The molecular weight excluding hydrogens is 242 g/mol. The summed E-state index contributed by atoms with van der Waals surface area (Å²) >= 11 is 0. The van der Waals surface area contributed by atoms with Crippen LogP contribution in [-0.2, 0) is 11.3 Å². The van der Waals surface area contributed by atoms with Crippen molar-refractivity contribution < 1.29 is 4.74 Å². The third kappa shape index (κ3) is 4.11. The number of aromatic nitrogens is 4. The lowest BCUT2D eigenvalue weighted by Gasteiger charge is -2.05. The highest BCUT2D eigenvalue weighted by atomic mass is 16.5. The highest BCUT2D eigenvalue weighted by Gasteiger charge is 2.06. The van der Waals surface area contributed by atoms with E-state index in [1.165, 1.54) is 0 Å². The molecule has 0 bridgehead atoms. The zero-order valence-electron chi connectivity index (χ0n) is 11.1. The topological polar surface area (TPSA) is 64.9 Å². The fourth-order valence-electron chi connectivity index (χ4n) is 1.78. The molecule has 102 valence electrons. The molecule has 6 nitrogen and oxygen atoms in total. The highest BCUT2D eigenvalue weighted by molar-refractivity contribution is 5.30. The number of hydrogen-bond donors (Lipinski definition) is 1. The van der Waals surface area contributed by atoms with Crippen LogP contribution in [0.2, 0.25) is 0 Å². The van der Waals surface area contributed by atoms with Gasteiger partial charge in [-0.2, -0.15) is 4.68 Å². The number of benzene rings is 1. The summed E-state index contributed by atoms with van der Waals surface area (Å²) in [5.41, 5.74) is 0.976. The molecule has 0 saturated carbocycles. The van der Waals surface area contributed by atoms with E-state index in [2.05, 4.69) is 20.8 Å². The Labute approximate surface area is 112 Å². The van der Waals surface area contributed by atoms with E-state index < -0.39 is 0 Å². The van der Waals surface area contributed by atoms with Crippen molar-refractivity contribution in [2.24, 2.45) is 0 Å². The van der Waals surface area contributed by atoms with Crippen molar-refractivity contribution in [2.45, 2.75) is 19.4 Å². The van der Waals surface area contributed by atoms with Gasteiger partial charge in [0.15, 0.2) is 5.82 Å². The Kier molecular flexibility index (Phi) is 5.46. The molecule has 0 aliphatic rings. The summed E-state index contributed by atoms with van der Waals surface area (Å²) in [7, 11) is 1.72. The fourth-order valence-corrected chi connectivity index (χ4v) is 1.78. The molecule has 1 heterocycles. The molecule has 2 rings (SSSR count). The van der Waals surface area contributed by atoms with E-state index in [9.17, 15) is 0 Å². The molecule has 0 spiro atoms. The van der Waals surface area contributed by atoms with Gasteiger partial charge in [0.2, 0.25) is 0 Å². The van der Waals surface area contributed by atoms with Crippen molar-refractivity contribution in [3.63, 3.8) is 0 Å². The van der Waals surface area contributed by atoms with Crippen molar-refractivity contribution in [3.05, 3.63) is 36.2 Å². The van der Waals surface area contributed by atoms with Gasteiger partial charge in [-0.1, -0.05) is 18.2 Å². The van der Waals surface area contributed by atoms with Crippen molar-refractivity contribution >= 4 is 0 Å². The number of tetrazole rings is 1. The van der Waals surface area contributed by atoms with E-state index in [4.69, 9.17) is 4.74 Å². The summed E-state index contributed by atoms with van der Waals surface area (Å²) < 4.78 is 6.76. The summed E-state index contributed by atoms with van der Waals surface area (Å²) in [6.45, 7) is 2.41. The Balaban J connectivity index is 1.83. The van der Waals surface area contributed by atoms with Gasteiger partial charge in [0.25, 0.3) is 0 Å². The number of para-hydroxylation sites is 1. The van der Waals surface area contributed by atoms with E-state index in [0.717, 1.165) is 37.5 Å². The van der Waals surface area contributed by atoms with Crippen LogP contribution in [0.4, 0.5) is 0 Å². The zero-order valence-corrected chi connectivity index (χ0v) is 11.1. The summed E-state index contributed by atoms with van der Waals surface area (Å²) in [5.74, 6) is 0.818. The van der Waals surface area contributed by atoms with Gasteiger partial charge in [0, 0.05) is 13.7 Å². The second-order valence-electron chi connectivity index (χ2n) is 4.22. The monoisotopic (exact) mass is 261 g/mol. The summed E-state index contributed by atoms with van der Waals surface area (Å²) in [6, 6.07) is 9.89. The zero-order chi connectivity index (χ0) is 13.3. The lowest BCUT2D eigenvalue weighted by molar-refractivity contribution is 0.192. The number of nitrogens with zero attached hydrogens (tertiary/aromatic N) is 4. The molecule has 0 unspecified atom stereocenters. The number of nitrogens with one attached hydrogen (secondary N) is 1. The van der Waals surface area contributed by atoms with Gasteiger partial charge in [-0.25, -0.2) is 0 Å². The lowest BCUT2D eigenvalue weighted by atomic mass is 10.3. The quantitative estimate of drug-likeness (QED) is 0.723. The lowest BCUT2D eigenvalue weighted by Crippen LogP contribution is -2.18. The van der Waals surface area contributed by atoms with Gasteiger partial charge in [-0.15, -0.1) is 5.10 Å². The average Bonchev–Trinajstić information content (AvgIpc) is 2.92. The predicted octanol–water partition coefficient (Wildman–Crippen LogP) is 1.18. The SMILES string of the molecule is COCCCCNCc1nnnn1-c1ccccc1. The Hall–Kier alpha value is -1.79. The van der Waals surface area contributed by atoms with E-state index in [0.29, 0.717) is 6.54 Å². The standard InChI is InChI=1S/C13H19N5O/c1-19-10-6-5-9-14-11-13-15-16-17-18(13)12-7-3-2-4-8-12/h2-4,7-8,14H,5-6,9-11H2,1H3. The molecule has 19 heavy (non-hydrogen) atoms. The summed E-state index contributed by atoms with van der Waals surface area (Å²) in [6.07, 6.45) is 2.15. The Morgan fingerprint density at radius 1 is 1.21 bits per heavy atom. The highest BCUT2D eigenvalue weighted by Crippen LogP contribution is 2.06. The first kappa shape index (κ1) is 13.6. The van der Waals surface area contributed by atoms with E-state index in [1.54, 1.807) is 11.8 Å². The molecule has 0 aliphatic heterocycles. The number of rotatable bonds is 8. The minimum Gasteiger partial charge on any atom is -0.385 e. The first-order chi connectivity index (χ1) is 9.42. The first-order valence-electron chi connectivity index (χ1n) is 6.44. The molecule has 0 fully saturated rings. The molecule has 1 aromatic carbocycles. The van der Waals surface area contributed by atoms with E-state index in [-0.39, 0.29) is 0 Å². The van der Waals surface area contributed by atoms with Crippen molar-refractivity contribution in [3.8, 4) is 5.69 Å².